The van der Waals surface area contributed by atoms with Crippen LogP contribution in [0.3, 0.4) is 0 Å². The van der Waals surface area contributed by atoms with E-state index in [1.165, 1.54) is 0 Å². The zero-order valence-electron chi connectivity index (χ0n) is 7.68. The lowest BCUT2D eigenvalue weighted by atomic mass is 10.2. The van der Waals surface area contributed by atoms with Crippen molar-refractivity contribution in [3.8, 4) is 0 Å². The van der Waals surface area contributed by atoms with Crippen LogP contribution in [-0.2, 0) is 9.53 Å². The average Bonchev–Trinajstić information content (AvgIpc) is 2.48. The van der Waals surface area contributed by atoms with E-state index in [1.807, 2.05) is 0 Å². The number of aliphatic hydroxyl groups is 1. The van der Waals surface area contributed by atoms with Crippen molar-refractivity contribution in [1.82, 2.24) is 9.80 Å². The number of rotatable bonds is 2. The lowest BCUT2D eigenvalue weighted by Gasteiger charge is -2.35. The maximum absolute atomic E-state index is 11.5. The van der Waals surface area contributed by atoms with E-state index in [1.54, 1.807) is 4.90 Å². The van der Waals surface area contributed by atoms with Gasteiger partial charge in [-0.1, -0.05) is 0 Å². The molecule has 0 bridgehead atoms. The summed E-state index contributed by atoms with van der Waals surface area (Å²) < 4.78 is 4.64. The van der Waals surface area contributed by atoms with Gasteiger partial charge in [-0.3, -0.25) is 9.69 Å². The average molecular weight is 200 g/mol. The summed E-state index contributed by atoms with van der Waals surface area (Å²) in [6, 6.07) is 0. The van der Waals surface area contributed by atoms with Gasteiger partial charge in [-0.25, -0.2) is 9.69 Å². The van der Waals surface area contributed by atoms with Gasteiger partial charge in [0.25, 0.3) is 0 Å². The molecule has 1 N–H and O–H groups in total. The number of cyclic esters (lactones) is 1. The number of hydrogen-bond acceptors (Lipinski definition) is 5. The van der Waals surface area contributed by atoms with E-state index in [0.717, 1.165) is 4.90 Å². The molecule has 0 atom stereocenters. The molecule has 2 heterocycles. The van der Waals surface area contributed by atoms with E-state index >= 15 is 0 Å². The zero-order chi connectivity index (χ0) is 10.1. The Bertz CT molecular complexity index is 262. The fourth-order valence-corrected chi connectivity index (χ4v) is 1.57. The molecule has 0 saturated carbocycles. The maximum Gasteiger partial charge on any atom is 0.416 e. The predicted octanol–water partition coefficient (Wildman–Crippen LogP) is -1.36. The minimum Gasteiger partial charge on any atom is -0.447 e. The van der Waals surface area contributed by atoms with Gasteiger partial charge in [0.1, 0.15) is 6.61 Å². The summed E-state index contributed by atoms with van der Waals surface area (Å²) >= 11 is 0. The number of aliphatic hydroxyl groups excluding tert-OH is 1. The fourth-order valence-electron chi connectivity index (χ4n) is 1.57. The summed E-state index contributed by atoms with van der Waals surface area (Å²) in [4.78, 5) is 25.3. The second-order valence-corrected chi connectivity index (χ2v) is 3.51. The van der Waals surface area contributed by atoms with Crippen LogP contribution in [0.25, 0.3) is 0 Å². The van der Waals surface area contributed by atoms with E-state index in [4.69, 9.17) is 5.11 Å². The van der Waals surface area contributed by atoms with Gasteiger partial charge in [0.15, 0.2) is 0 Å². The van der Waals surface area contributed by atoms with Crippen LogP contribution in [0.2, 0.25) is 0 Å². The maximum atomic E-state index is 11.5. The van der Waals surface area contributed by atoms with Gasteiger partial charge in [0, 0.05) is 13.1 Å². The van der Waals surface area contributed by atoms with Gasteiger partial charge in [0.05, 0.1) is 19.2 Å². The molecule has 6 heteroatoms. The molecule has 0 aliphatic carbocycles. The van der Waals surface area contributed by atoms with Crippen molar-refractivity contribution in [3.63, 3.8) is 0 Å². The number of hydrogen-bond donors (Lipinski definition) is 1. The highest BCUT2D eigenvalue weighted by Crippen LogP contribution is 2.09. The van der Waals surface area contributed by atoms with Crippen LogP contribution in [0.15, 0.2) is 0 Å². The van der Waals surface area contributed by atoms with Crippen molar-refractivity contribution in [2.45, 2.75) is 6.10 Å². The minimum atomic E-state index is -0.559. The zero-order valence-corrected chi connectivity index (χ0v) is 7.68. The first-order chi connectivity index (χ1) is 6.66. The van der Waals surface area contributed by atoms with Crippen LogP contribution in [0, 0.1) is 0 Å². The Morgan fingerprint density at radius 1 is 1.57 bits per heavy atom. The van der Waals surface area contributed by atoms with Crippen molar-refractivity contribution < 1.29 is 19.4 Å². The van der Waals surface area contributed by atoms with Crippen molar-refractivity contribution >= 4 is 12.0 Å². The largest absolute Gasteiger partial charge is 0.447 e. The van der Waals surface area contributed by atoms with Gasteiger partial charge >= 0.3 is 6.09 Å². The number of carbonyl (C=O) groups excluding carboxylic acids is 2. The molecule has 2 amide bonds. The monoisotopic (exact) mass is 200 g/mol. The first-order valence-corrected chi connectivity index (χ1v) is 4.54. The normalized spacial score (nSPS) is 23.5. The summed E-state index contributed by atoms with van der Waals surface area (Å²) in [5.74, 6) is -0.251. The number of ether oxygens (including phenoxy) is 1. The second-order valence-electron chi connectivity index (χ2n) is 3.51. The van der Waals surface area contributed by atoms with Gasteiger partial charge in [-0.2, -0.15) is 0 Å². The molecule has 2 aliphatic rings. The molecule has 6 nitrogen and oxygen atoms in total. The van der Waals surface area contributed by atoms with Gasteiger partial charge in [0.2, 0.25) is 5.91 Å². The van der Waals surface area contributed by atoms with Crippen LogP contribution in [0.5, 0.6) is 0 Å². The number of likely N-dealkylation sites (tertiary alicyclic amines) is 1. The highest BCUT2D eigenvalue weighted by Gasteiger charge is 2.32. The highest BCUT2D eigenvalue weighted by molar-refractivity contribution is 5.94. The molecule has 14 heavy (non-hydrogen) atoms. The second kappa shape index (κ2) is 3.55. The number of amides is 2. The van der Waals surface area contributed by atoms with Crippen molar-refractivity contribution in [1.29, 1.82) is 0 Å². The number of nitrogens with zero attached hydrogens (tertiary/aromatic N) is 2. The van der Waals surface area contributed by atoms with Crippen LogP contribution < -0.4 is 0 Å². The Morgan fingerprint density at radius 3 is 2.79 bits per heavy atom. The molecule has 0 aromatic heterocycles. The van der Waals surface area contributed by atoms with E-state index in [9.17, 15) is 9.59 Å². The van der Waals surface area contributed by atoms with Crippen LogP contribution >= 0.6 is 0 Å². The molecule has 0 radical (unpaired) electrons. The summed E-state index contributed by atoms with van der Waals surface area (Å²) in [7, 11) is 0. The molecule has 78 valence electrons. The Balaban J connectivity index is 1.80. The van der Waals surface area contributed by atoms with E-state index < -0.39 is 6.09 Å². The molecule has 0 unspecified atom stereocenters. The molecule has 2 rings (SSSR count). The smallest absolute Gasteiger partial charge is 0.416 e. The van der Waals surface area contributed by atoms with Crippen molar-refractivity contribution in [2.24, 2.45) is 0 Å². The topological polar surface area (TPSA) is 70.1 Å². The van der Waals surface area contributed by atoms with E-state index in [-0.39, 0.29) is 25.2 Å². The van der Waals surface area contributed by atoms with Crippen molar-refractivity contribution in [2.75, 3.05) is 32.8 Å². The van der Waals surface area contributed by atoms with Crippen LogP contribution in [0.4, 0.5) is 4.79 Å². The molecule has 0 aromatic carbocycles. The summed E-state index contributed by atoms with van der Waals surface area (Å²) in [5.41, 5.74) is 0. The van der Waals surface area contributed by atoms with Crippen LogP contribution in [-0.4, -0.2) is 65.8 Å². The standard InChI is InChI=1S/C8H12N2O4/c11-6-3-9(4-6)5-7(12)10-1-2-14-8(10)13/h6,11H,1-5H2. The number of carbonyl (C=O) groups is 2. The van der Waals surface area contributed by atoms with E-state index in [0.29, 0.717) is 19.6 Å². The quantitative estimate of drug-likeness (QED) is 0.596. The molecular weight excluding hydrogens is 188 g/mol. The third-order valence-electron chi connectivity index (χ3n) is 2.36. The van der Waals surface area contributed by atoms with Gasteiger partial charge < -0.3 is 9.84 Å². The van der Waals surface area contributed by atoms with Crippen LogP contribution in [0.1, 0.15) is 0 Å². The summed E-state index contributed by atoms with van der Waals surface area (Å²) in [5, 5.41) is 8.99. The van der Waals surface area contributed by atoms with Gasteiger partial charge in [-0.05, 0) is 0 Å². The molecule has 0 spiro atoms. The third-order valence-corrected chi connectivity index (χ3v) is 2.36. The Labute approximate surface area is 81.0 Å². The Morgan fingerprint density at radius 2 is 2.29 bits per heavy atom. The van der Waals surface area contributed by atoms with E-state index in [2.05, 4.69) is 4.74 Å². The first-order valence-electron chi connectivity index (χ1n) is 4.54. The minimum absolute atomic E-state index is 0.187. The highest BCUT2D eigenvalue weighted by atomic mass is 16.6. The van der Waals surface area contributed by atoms with Gasteiger partial charge in [-0.15, -0.1) is 0 Å². The molecule has 2 saturated heterocycles. The molecule has 0 aromatic rings. The lowest BCUT2D eigenvalue weighted by molar-refractivity contribution is -0.131. The summed E-state index contributed by atoms with van der Waals surface area (Å²) in [6.45, 7) is 1.83. The molecule has 2 aliphatic heterocycles. The van der Waals surface area contributed by atoms with Crippen molar-refractivity contribution in [3.05, 3.63) is 0 Å². The third kappa shape index (κ3) is 1.71. The lowest BCUT2D eigenvalue weighted by Crippen LogP contribution is -2.54. The Kier molecular flexibility index (Phi) is 2.39. The number of β-amino-alcohol motifs (C(OH)–C–C–N with tert-alkyl or cyclic N) is 1. The molecular formula is C8H12N2O4. The summed E-state index contributed by atoms with van der Waals surface area (Å²) in [6.07, 6.45) is -0.885. The molecule has 2 fully saturated rings. The predicted molar refractivity (Wildman–Crippen MR) is 45.5 cm³/mol. The first kappa shape index (κ1) is 9.42. The Hall–Kier alpha value is -1.14. The number of imide groups is 1. The fraction of sp³-hybridized carbons (Fsp3) is 0.750. The SMILES string of the molecule is O=C(CN1CC(O)C1)N1CCOC1=O.